The number of para-hydroxylation sites is 1. The highest BCUT2D eigenvalue weighted by Crippen LogP contribution is 2.31. The first-order chi connectivity index (χ1) is 12.2. The Bertz CT molecular complexity index is 944. The van der Waals surface area contributed by atoms with Gasteiger partial charge in [-0.2, -0.15) is 0 Å². The van der Waals surface area contributed by atoms with E-state index in [-0.39, 0.29) is 18.1 Å². The maximum atomic E-state index is 13.8. The second kappa shape index (κ2) is 6.36. The van der Waals surface area contributed by atoms with Gasteiger partial charge in [0.15, 0.2) is 0 Å². The van der Waals surface area contributed by atoms with Crippen LogP contribution in [0.3, 0.4) is 0 Å². The molecule has 128 valence electrons. The minimum absolute atomic E-state index is 0.0101. The van der Waals surface area contributed by atoms with Crippen LogP contribution in [0.1, 0.15) is 23.7 Å². The van der Waals surface area contributed by atoms with Crippen LogP contribution in [0.25, 0.3) is 10.9 Å². The monoisotopic (exact) mass is 336 g/mol. The van der Waals surface area contributed by atoms with Crippen LogP contribution < -0.4 is 0 Å². The van der Waals surface area contributed by atoms with Crippen molar-refractivity contribution in [3.63, 3.8) is 0 Å². The fourth-order valence-corrected chi connectivity index (χ4v) is 3.89. The average Bonchev–Trinajstić information content (AvgIpc) is 2.96. The molecule has 0 bridgehead atoms. The molecule has 1 aromatic heterocycles. The number of rotatable bonds is 3. The van der Waals surface area contributed by atoms with Crippen molar-refractivity contribution >= 4 is 16.8 Å². The van der Waals surface area contributed by atoms with Crippen LogP contribution in [0.4, 0.5) is 4.39 Å². The van der Waals surface area contributed by atoms with Gasteiger partial charge in [-0.15, -0.1) is 0 Å². The number of carbonyl (C=O) groups excluding carboxylic acids is 1. The molecular formula is C21H21FN2O. The number of fused-ring (bicyclic) bond motifs is 3. The van der Waals surface area contributed by atoms with Crippen molar-refractivity contribution < 1.29 is 9.18 Å². The topological polar surface area (TPSA) is 25.2 Å². The highest BCUT2D eigenvalue weighted by Gasteiger charge is 2.26. The van der Waals surface area contributed by atoms with Crippen LogP contribution in [0.2, 0.25) is 0 Å². The Balaban J connectivity index is 1.63. The number of aromatic nitrogens is 1. The first kappa shape index (κ1) is 15.9. The lowest BCUT2D eigenvalue weighted by atomic mass is 10.0. The minimum Gasteiger partial charge on any atom is -0.344 e. The standard InChI is InChI=1S/C21H21FN2O/c1-2-24-19-10-6-4-8-16(19)17-14-23(12-11-20(17)24)21(25)13-15-7-3-5-9-18(15)22/h3-10H,2,11-14H2,1H3. The van der Waals surface area contributed by atoms with Gasteiger partial charge in [0.25, 0.3) is 0 Å². The molecule has 2 aromatic carbocycles. The normalized spacial score (nSPS) is 13.9. The van der Waals surface area contributed by atoms with E-state index in [1.165, 1.54) is 28.2 Å². The van der Waals surface area contributed by atoms with Crippen molar-refractivity contribution in [3.05, 3.63) is 71.2 Å². The van der Waals surface area contributed by atoms with Gasteiger partial charge in [0, 0.05) is 48.2 Å². The lowest BCUT2D eigenvalue weighted by Crippen LogP contribution is -2.37. The Kier molecular flexibility index (Phi) is 4.04. The van der Waals surface area contributed by atoms with Gasteiger partial charge < -0.3 is 9.47 Å². The zero-order valence-corrected chi connectivity index (χ0v) is 14.3. The molecule has 0 saturated heterocycles. The molecule has 1 aliphatic rings. The van der Waals surface area contributed by atoms with Crippen LogP contribution in [-0.2, 0) is 30.7 Å². The second-order valence-electron chi connectivity index (χ2n) is 6.52. The molecule has 0 unspecified atom stereocenters. The van der Waals surface area contributed by atoms with E-state index in [0.29, 0.717) is 18.7 Å². The second-order valence-corrected chi connectivity index (χ2v) is 6.52. The maximum absolute atomic E-state index is 13.8. The number of amides is 1. The molecule has 0 radical (unpaired) electrons. The van der Waals surface area contributed by atoms with E-state index in [1.54, 1.807) is 18.2 Å². The summed E-state index contributed by atoms with van der Waals surface area (Å²) in [6.07, 6.45) is 0.968. The Hall–Kier alpha value is -2.62. The molecule has 3 aromatic rings. The highest BCUT2D eigenvalue weighted by molar-refractivity contribution is 5.87. The number of aryl methyl sites for hydroxylation is 1. The smallest absolute Gasteiger partial charge is 0.227 e. The van der Waals surface area contributed by atoms with E-state index in [2.05, 4.69) is 29.7 Å². The van der Waals surface area contributed by atoms with Gasteiger partial charge in [-0.05, 0) is 24.6 Å². The number of nitrogens with zero attached hydrogens (tertiary/aromatic N) is 2. The van der Waals surface area contributed by atoms with Crippen LogP contribution in [-0.4, -0.2) is 21.9 Å². The van der Waals surface area contributed by atoms with E-state index in [9.17, 15) is 9.18 Å². The summed E-state index contributed by atoms with van der Waals surface area (Å²) in [5, 5.41) is 1.22. The molecule has 0 atom stereocenters. The van der Waals surface area contributed by atoms with Crippen LogP contribution >= 0.6 is 0 Å². The Morgan fingerprint density at radius 1 is 1.12 bits per heavy atom. The molecule has 0 aliphatic carbocycles. The number of hydrogen-bond acceptors (Lipinski definition) is 1. The third kappa shape index (κ3) is 2.72. The van der Waals surface area contributed by atoms with Gasteiger partial charge in [-0.1, -0.05) is 36.4 Å². The number of hydrogen-bond donors (Lipinski definition) is 0. The molecule has 0 spiro atoms. The zero-order valence-electron chi connectivity index (χ0n) is 14.3. The summed E-state index contributed by atoms with van der Waals surface area (Å²) in [4.78, 5) is 14.6. The summed E-state index contributed by atoms with van der Waals surface area (Å²) in [7, 11) is 0. The van der Waals surface area contributed by atoms with Crippen molar-refractivity contribution in [2.45, 2.75) is 32.9 Å². The van der Waals surface area contributed by atoms with Gasteiger partial charge in [-0.25, -0.2) is 4.39 Å². The summed E-state index contributed by atoms with van der Waals surface area (Å²) < 4.78 is 16.2. The van der Waals surface area contributed by atoms with Crippen molar-refractivity contribution in [2.75, 3.05) is 6.54 Å². The van der Waals surface area contributed by atoms with Gasteiger partial charge in [0.05, 0.1) is 6.42 Å². The Labute approximate surface area is 146 Å². The number of benzene rings is 2. The first-order valence-electron chi connectivity index (χ1n) is 8.79. The Morgan fingerprint density at radius 3 is 2.68 bits per heavy atom. The molecular weight excluding hydrogens is 315 g/mol. The van der Waals surface area contributed by atoms with E-state index in [0.717, 1.165) is 13.0 Å². The summed E-state index contributed by atoms with van der Waals surface area (Å²) in [6, 6.07) is 14.9. The number of halogens is 1. The first-order valence-corrected chi connectivity index (χ1v) is 8.79. The largest absolute Gasteiger partial charge is 0.344 e. The molecule has 1 aliphatic heterocycles. The molecule has 25 heavy (non-hydrogen) atoms. The molecule has 4 rings (SSSR count). The predicted molar refractivity (Wildman–Crippen MR) is 96.8 cm³/mol. The van der Waals surface area contributed by atoms with Crippen molar-refractivity contribution in [1.29, 1.82) is 0 Å². The van der Waals surface area contributed by atoms with Crippen LogP contribution in [0, 0.1) is 5.82 Å². The quantitative estimate of drug-likeness (QED) is 0.711. The summed E-state index contributed by atoms with van der Waals surface area (Å²) in [5.41, 5.74) is 4.27. The van der Waals surface area contributed by atoms with Gasteiger partial charge >= 0.3 is 0 Å². The van der Waals surface area contributed by atoms with Crippen molar-refractivity contribution in [1.82, 2.24) is 9.47 Å². The summed E-state index contributed by atoms with van der Waals surface area (Å²) >= 11 is 0. The fraction of sp³-hybridized carbons (Fsp3) is 0.286. The van der Waals surface area contributed by atoms with E-state index in [1.807, 2.05) is 11.0 Å². The van der Waals surface area contributed by atoms with E-state index in [4.69, 9.17) is 0 Å². The van der Waals surface area contributed by atoms with Crippen LogP contribution in [0.15, 0.2) is 48.5 Å². The van der Waals surface area contributed by atoms with Crippen molar-refractivity contribution in [3.8, 4) is 0 Å². The van der Waals surface area contributed by atoms with Gasteiger partial charge in [0.2, 0.25) is 5.91 Å². The lowest BCUT2D eigenvalue weighted by molar-refractivity contribution is -0.131. The molecule has 4 heteroatoms. The molecule has 3 nitrogen and oxygen atoms in total. The molecule has 2 heterocycles. The third-order valence-corrected chi connectivity index (χ3v) is 5.13. The highest BCUT2D eigenvalue weighted by atomic mass is 19.1. The molecule has 0 fully saturated rings. The van der Waals surface area contributed by atoms with Gasteiger partial charge in [0.1, 0.15) is 5.82 Å². The fourth-order valence-electron chi connectivity index (χ4n) is 3.89. The molecule has 0 N–H and O–H groups in total. The zero-order chi connectivity index (χ0) is 17.4. The maximum Gasteiger partial charge on any atom is 0.227 e. The molecule has 1 amide bonds. The van der Waals surface area contributed by atoms with Crippen LogP contribution in [0.5, 0.6) is 0 Å². The summed E-state index contributed by atoms with van der Waals surface area (Å²) in [6.45, 7) is 4.38. The van der Waals surface area contributed by atoms with E-state index >= 15 is 0 Å². The lowest BCUT2D eigenvalue weighted by Gasteiger charge is -2.28. The van der Waals surface area contributed by atoms with E-state index < -0.39 is 0 Å². The third-order valence-electron chi connectivity index (χ3n) is 5.13. The molecule has 0 saturated carbocycles. The number of carbonyl (C=O) groups is 1. The average molecular weight is 336 g/mol. The SMILES string of the molecule is CCn1c2c(c3ccccc31)CN(C(=O)Cc1ccccc1F)CC2. The van der Waals surface area contributed by atoms with Crippen molar-refractivity contribution in [2.24, 2.45) is 0 Å². The minimum atomic E-state index is -0.309. The predicted octanol–water partition coefficient (Wildman–Crippen LogP) is 3.93. The Morgan fingerprint density at radius 2 is 1.88 bits per heavy atom. The summed E-state index contributed by atoms with van der Waals surface area (Å²) in [5.74, 6) is -0.319. The van der Waals surface area contributed by atoms with Gasteiger partial charge in [-0.3, -0.25) is 4.79 Å².